The van der Waals surface area contributed by atoms with Gasteiger partial charge in [0.2, 0.25) is 17.6 Å². The van der Waals surface area contributed by atoms with Crippen molar-refractivity contribution in [3.05, 3.63) is 63.4 Å². The lowest BCUT2D eigenvalue weighted by Crippen LogP contribution is -2.40. The number of nitrogens with one attached hydrogen (secondary N) is 1. The van der Waals surface area contributed by atoms with E-state index in [2.05, 4.69) is 52.2 Å². The van der Waals surface area contributed by atoms with Gasteiger partial charge in [0, 0.05) is 26.7 Å². The lowest BCUT2D eigenvalue weighted by Gasteiger charge is -2.30. The van der Waals surface area contributed by atoms with Gasteiger partial charge in [0.25, 0.3) is 0 Å². The second kappa shape index (κ2) is 9.19. The van der Waals surface area contributed by atoms with Crippen LogP contribution in [0.15, 0.2) is 62.0 Å². The van der Waals surface area contributed by atoms with Crippen LogP contribution in [0.2, 0.25) is 0 Å². The molecule has 4 rings (SSSR count). The van der Waals surface area contributed by atoms with Crippen LogP contribution in [-0.2, 0) is 11.3 Å². The highest BCUT2D eigenvalue weighted by atomic mass is 79.9. The molecule has 3 aromatic rings. The summed E-state index contributed by atoms with van der Waals surface area (Å²) in [6.07, 6.45) is 1.84. The van der Waals surface area contributed by atoms with Gasteiger partial charge in [0.05, 0.1) is 12.5 Å². The fraction of sp³-hybridized carbons (Fsp3) is 0.286. The maximum atomic E-state index is 12.7. The van der Waals surface area contributed by atoms with Crippen LogP contribution in [0.25, 0.3) is 11.4 Å². The third-order valence-corrected chi connectivity index (χ3v) is 5.86. The van der Waals surface area contributed by atoms with Crippen LogP contribution in [0.4, 0.5) is 5.69 Å². The zero-order chi connectivity index (χ0) is 20.2. The van der Waals surface area contributed by atoms with Gasteiger partial charge in [-0.3, -0.25) is 9.69 Å². The summed E-state index contributed by atoms with van der Waals surface area (Å²) in [5.74, 6) is 1.12. The van der Waals surface area contributed by atoms with Crippen LogP contribution >= 0.6 is 31.9 Å². The summed E-state index contributed by atoms with van der Waals surface area (Å²) in [6, 6.07) is 15.4. The second-order valence-electron chi connectivity index (χ2n) is 7.10. The third-order valence-electron chi connectivity index (χ3n) is 4.88. The Balaban J connectivity index is 1.37. The minimum absolute atomic E-state index is 0.0492. The Morgan fingerprint density at radius 3 is 2.76 bits per heavy atom. The summed E-state index contributed by atoms with van der Waals surface area (Å²) in [6.45, 7) is 2.13. The first kappa shape index (κ1) is 20.3. The number of halogens is 2. The fourth-order valence-electron chi connectivity index (χ4n) is 3.48. The molecule has 1 aromatic heterocycles. The van der Waals surface area contributed by atoms with Crippen LogP contribution in [0.5, 0.6) is 0 Å². The average Bonchev–Trinajstić information content (AvgIpc) is 3.17. The van der Waals surface area contributed by atoms with E-state index in [0.717, 1.165) is 39.6 Å². The average molecular weight is 520 g/mol. The van der Waals surface area contributed by atoms with Crippen molar-refractivity contribution in [2.75, 3.05) is 18.4 Å². The summed E-state index contributed by atoms with van der Waals surface area (Å²) in [4.78, 5) is 19.4. The first-order valence-corrected chi connectivity index (χ1v) is 11.0. The number of rotatable bonds is 5. The van der Waals surface area contributed by atoms with Gasteiger partial charge >= 0.3 is 0 Å². The monoisotopic (exact) mass is 518 g/mol. The molecule has 0 aliphatic carbocycles. The van der Waals surface area contributed by atoms with Crippen molar-refractivity contribution in [3.8, 4) is 11.4 Å². The Bertz CT molecular complexity index is 1010. The molecule has 0 saturated carbocycles. The molecule has 0 spiro atoms. The van der Waals surface area contributed by atoms with Gasteiger partial charge in [-0.1, -0.05) is 55.2 Å². The number of aromatic nitrogens is 2. The first-order valence-electron chi connectivity index (χ1n) is 9.44. The minimum atomic E-state index is -0.0600. The summed E-state index contributed by atoms with van der Waals surface area (Å²) in [5, 5.41) is 7.11. The van der Waals surface area contributed by atoms with Gasteiger partial charge in [-0.25, -0.2) is 0 Å². The quantitative estimate of drug-likeness (QED) is 0.507. The number of piperidine rings is 1. The number of amides is 1. The van der Waals surface area contributed by atoms with E-state index in [1.165, 1.54) is 0 Å². The second-order valence-corrected chi connectivity index (χ2v) is 8.93. The van der Waals surface area contributed by atoms with E-state index >= 15 is 0 Å². The van der Waals surface area contributed by atoms with Gasteiger partial charge < -0.3 is 9.84 Å². The molecule has 29 heavy (non-hydrogen) atoms. The molecule has 1 atom stereocenters. The van der Waals surface area contributed by atoms with Crippen molar-refractivity contribution in [2.45, 2.75) is 19.4 Å². The van der Waals surface area contributed by atoms with Gasteiger partial charge in [0.1, 0.15) is 0 Å². The molecule has 1 amide bonds. The van der Waals surface area contributed by atoms with Crippen molar-refractivity contribution in [1.82, 2.24) is 15.0 Å². The topological polar surface area (TPSA) is 71.3 Å². The Morgan fingerprint density at radius 2 is 1.97 bits per heavy atom. The van der Waals surface area contributed by atoms with E-state index < -0.39 is 0 Å². The van der Waals surface area contributed by atoms with Crippen LogP contribution in [0, 0.1) is 5.92 Å². The van der Waals surface area contributed by atoms with E-state index in [9.17, 15) is 4.79 Å². The summed E-state index contributed by atoms with van der Waals surface area (Å²) in [7, 11) is 0. The van der Waals surface area contributed by atoms with Crippen molar-refractivity contribution >= 4 is 43.5 Å². The van der Waals surface area contributed by atoms with E-state index in [4.69, 9.17) is 4.52 Å². The molecule has 1 N–H and O–H groups in total. The molecule has 1 aliphatic heterocycles. The van der Waals surface area contributed by atoms with E-state index in [0.29, 0.717) is 24.8 Å². The highest BCUT2D eigenvalue weighted by Crippen LogP contribution is 2.23. The van der Waals surface area contributed by atoms with E-state index in [-0.39, 0.29) is 11.8 Å². The predicted molar refractivity (Wildman–Crippen MR) is 118 cm³/mol. The standard InChI is InChI=1S/C21H20Br2N4O2/c22-16-6-1-4-14(10-16)20-25-19(29-26-20)13-27-9-3-5-15(12-27)21(28)24-18-8-2-7-17(23)11-18/h1-2,4,6-8,10-11,15H,3,5,9,12-13H2,(H,24,28). The van der Waals surface area contributed by atoms with Crippen molar-refractivity contribution < 1.29 is 9.32 Å². The van der Waals surface area contributed by atoms with Crippen LogP contribution in [0.1, 0.15) is 18.7 Å². The van der Waals surface area contributed by atoms with E-state index in [1.54, 1.807) is 0 Å². The summed E-state index contributed by atoms with van der Waals surface area (Å²) >= 11 is 6.89. The largest absolute Gasteiger partial charge is 0.338 e. The first-order chi connectivity index (χ1) is 14.1. The Hall–Kier alpha value is -2.03. The van der Waals surface area contributed by atoms with E-state index in [1.807, 2.05) is 48.5 Å². The number of anilines is 1. The smallest absolute Gasteiger partial charge is 0.241 e. The lowest BCUT2D eigenvalue weighted by atomic mass is 9.97. The van der Waals surface area contributed by atoms with Crippen molar-refractivity contribution in [1.29, 1.82) is 0 Å². The molecule has 0 radical (unpaired) electrons. The molecule has 1 saturated heterocycles. The summed E-state index contributed by atoms with van der Waals surface area (Å²) < 4.78 is 7.35. The highest BCUT2D eigenvalue weighted by Gasteiger charge is 2.27. The Morgan fingerprint density at radius 1 is 1.17 bits per heavy atom. The number of likely N-dealkylation sites (tertiary alicyclic amines) is 1. The number of hydrogen-bond donors (Lipinski definition) is 1. The lowest BCUT2D eigenvalue weighted by molar-refractivity contribution is -0.121. The van der Waals surface area contributed by atoms with Crippen LogP contribution in [0.3, 0.4) is 0 Å². The molecular formula is C21H20Br2N4O2. The van der Waals surface area contributed by atoms with Gasteiger partial charge in [-0.05, 0) is 49.7 Å². The number of hydrogen-bond acceptors (Lipinski definition) is 5. The molecule has 6 nitrogen and oxygen atoms in total. The molecule has 1 fully saturated rings. The zero-order valence-electron chi connectivity index (χ0n) is 15.6. The maximum absolute atomic E-state index is 12.7. The molecule has 2 heterocycles. The Labute approximate surface area is 185 Å². The number of nitrogens with zero attached hydrogens (tertiary/aromatic N) is 3. The molecule has 2 aromatic carbocycles. The third kappa shape index (κ3) is 5.32. The van der Waals surface area contributed by atoms with Crippen molar-refractivity contribution in [3.63, 3.8) is 0 Å². The molecule has 150 valence electrons. The summed E-state index contributed by atoms with van der Waals surface area (Å²) in [5.41, 5.74) is 1.70. The predicted octanol–water partition coefficient (Wildman–Crippen LogP) is 5.11. The number of carbonyl (C=O) groups excluding carboxylic acids is 1. The molecular weight excluding hydrogens is 500 g/mol. The van der Waals surface area contributed by atoms with Gasteiger partial charge in [0.15, 0.2) is 0 Å². The number of benzene rings is 2. The van der Waals surface area contributed by atoms with Gasteiger partial charge in [-0.2, -0.15) is 4.98 Å². The molecule has 0 bridgehead atoms. The van der Waals surface area contributed by atoms with Crippen molar-refractivity contribution in [2.24, 2.45) is 5.92 Å². The SMILES string of the molecule is O=C(Nc1cccc(Br)c1)C1CCCN(Cc2nc(-c3cccc(Br)c3)no2)C1. The van der Waals surface area contributed by atoms with Crippen LogP contribution < -0.4 is 5.32 Å². The Kier molecular flexibility index (Phi) is 6.42. The maximum Gasteiger partial charge on any atom is 0.241 e. The van der Waals surface area contributed by atoms with Crippen LogP contribution in [-0.4, -0.2) is 34.0 Å². The number of carbonyl (C=O) groups is 1. The normalized spacial score (nSPS) is 17.2. The molecule has 8 heteroatoms. The fourth-order valence-corrected chi connectivity index (χ4v) is 4.28. The zero-order valence-corrected chi connectivity index (χ0v) is 18.8. The molecule has 1 aliphatic rings. The minimum Gasteiger partial charge on any atom is -0.338 e. The van der Waals surface area contributed by atoms with Gasteiger partial charge in [-0.15, -0.1) is 0 Å². The molecule has 1 unspecified atom stereocenters. The highest BCUT2D eigenvalue weighted by molar-refractivity contribution is 9.10.